The Balaban J connectivity index is 1.76. The second-order valence-corrected chi connectivity index (χ2v) is 18.1. The molecular formula is C36H43NP2. The second-order valence-electron chi connectivity index (χ2n) is 11.2. The highest BCUT2D eigenvalue weighted by atomic mass is 31.2. The van der Waals surface area contributed by atoms with E-state index in [0.717, 1.165) is 19.4 Å². The van der Waals surface area contributed by atoms with Gasteiger partial charge in [-0.3, -0.25) is 0 Å². The number of nitrogens with zero attached hydrogens (tertiary/aromatic N) is 1. The van der Waals surface area contributed by atoms with Crippen molar-refractivity contribution in [3.63, 3.8) is 0 Å². The molecule has 1 aliphatic heterocycles. The Labute approximate surface area is 238 Å². The molecule has 1 aliphatic rings. The molecule has 0 bridgehead atoms. The minimum absolute atomic E-state index is 0.426. The van der Waals surface area contributed by atoms with E-state index in [1.165, 1.54) is 45.7 Å². The Morgan fingerprint density at radius 2 is 1.10 bits per heavy atom. The number of rotatable bonds is 9. The van der Waals surface area contributed by atoms with Gasteiger partial charge in [0.05, 0.1) is 35.9 Å². The van der Waals surface area contributed by atoms with Crippen LogP contribution in [0.5, 0.6) is 0 Å². The van der Waals surface area contributed by atoms with Crippen LogP contribution >= 0.6 is 14.8 Å². The van der Waals surface area contributed by atoms with Crippen LogP contribution in [0.25, 0.3) is 0 Å². The Morgan fingerprint density at radius 3 is 1.49 bits per heavy atom. The smallest absolute Gasteiger partial charge is 0.0906 e. The molecule has 4 aromatic carbocycles. The number of aryl methyl sites for hydroxylation is 2. The highest BCUT2D eigenvalue weighted by Gasteiger charge is 2.60. The average Bonchev–Trinajstić information content (AvgIpc) is 3.32. The molecule has 0 radical (unpaired) electrons. The summed E-state index contributed by atoms with van der Waals surface area (Å²) in [6.45, 7) is 18.4. The van der Waals surface area contributed by atoms with Crippen LogP contribution in [-0.4, -0.2) is 11.0 Å². The molecule has 202 valence electrons. The molecular weight excluding hydrogens is 508 g/mol. The van der Waals surface area contributed by atoms with Crippen LogP contribution in [0.3, 0.4) is 0 Å². The van der Waals surface area contributed by atoms with Crippen molar-refractivity contribution in [1.82, 2.24) is 4.44 Å². The number of benzene rings is 4. The molecule has 2 atom stereocenters. The summed E-state index contributed by atoms with van der Waals surface area (Å²) in [5, 5.41) is 2.71. The van der Waals surface area contributed by atoms with Crippen molar-refractivity contribution in [3.05, 3.63) is 145 Å². The summed E-state index contributed by atoms with van der Waals surface area (Å²) in [5.74, 6) is 0. The minimum atomic E-state index is -2.19. The lowest BCUT2D eigenvalue weighted by molar-refractivity contribution is 0.620. The highest BCUT2D eigenvalue weighted by Crippen LogP contribution is 2.91. The Morgan fingerprint density at radius 1 is 0.692 bits per heavy atom. The molecule has 1 heterocycles. The van der Waals surface area contributed by atoms with E-state index in [4.69, 9.17) is 13.3 Å². The van der Waals surface area contributed by atoms with Crippen LogP contribution in [0.1, 0.15) is 66.2 Å². The zero-order chi connectivity index (χ0) is 27.5. The molecule has 4 aromatic rings. The second kappa shape index (κ2) is 12.1. The van der Waals surface area contributed by atoms with Gasteiger partial charge in [-0.15, -0.1) is 11.1 Å². The van der Waals surface area contributed by atoms with E-state index in [2.05, 4.69) is 134 Å². The van der Waals surface area contributed by atoms with Crippen molar-refractivity contribution in [2.45, 2.75) is 57.8 Å². The predicted octanol–water partition coefficient (Wildman–Crippen LogP) is 10.1. The van der Waals surface area contributed by atoms with Crippen LogP contribution in [-0.2, 0) is 0 Å². The van der Waals surface area contributed by atoms with Gasteiger partial charge in [0, 0.05) is 7.41 Å². The third-order valence-corrected chi connectivity index (χ3v) is 18.2. The van der Waals surface area contributed by atoms with Gasteiger partial charge in [-0.1, -0.05) is 109 Å². The molecule has 1 saturated heterocycles. The molecule has 0 aliphatic carbocycles. The fraction of sp³-hybridized carbons (Fsp3) is 0.278. The van der Waals surface area contributed by atoms with E-state index in [-0.39, 0.29) is 0 Å². The third kappa shape index (κ3) is 5.39. The van der Waals surface area contributed by atoms with Crippen LogP contribution in [0.15, 0.2) is 109 Å². The van der Waals surface area contributed by atoms with Gasteiger partial charge < -0.3 is 0 Å². The molecule has 3 heteroatoms. The van der Waals surface area contributed by atoms with Crippen molar-refractivity contribution in [2.24, 2.45) is 0 Å². The molecule has 0 N–H and O–H groups in total. The molecule has 1 fully saturated rings. The van der Waals surface area contributed by atoms with Crippen LogP contribution in [0, 0.1) is 27.2 Å². The van der Waals surface area contributed by atoms with Crippen molar-refractivity contribution >= 4 is 25.4 Å². The minimum Gasteiger partial charge on any atom is -0.158 e. The zero-order valence-electron chi connectivity index (χ0n) is 23.8. The van der Waals surface area contributed by atoms with E-state index in [1.54, 1.807) is 0 Å². The van der Waals surface area contributed by atoms with Gasteiger partial charge in [0.25, 0.3) is 0 Å². The van der Waals surface area contributed by atoms with Crippen molar-refractivity contribution in [2.75, 3.05) is 6.54 Å². The summed E-state index contributed by atoms with van der Waals surface area (Å²) >= 11 is 0. The summed E-state index contributed by atoms with van der Waals surface area (Å²) < 4.78 is 2.93. The van der Waals surface area contributed by atoms with E-state index >= 15 is 0 Å². The summed E-state index contributed by atoms with van der Waals surface area (Å²) in [6, 6.07) is 40.9. The first-order valence-corrected chi connectivity index (χ1v) is 18.4. The molecule has 0 saturated carbocycles. The fourth-order valence-electron chi connectivity index (χ4n) is 6.43. The van der Waals surface area contributed by atoms with Gasteiger partial charge in [0.2, 0.25) is 0 Å². The summed E-state index contributed by atoms with van der Waals surface area (Å²) in [5.41, 5.74) is 6.38. The SMILES string of the molecule is [CH2-][P+](c1ccccc1)(c1ccccc1)N(CCCC)[P+]1([CH2-])[C@H](c2ccc(C)cc2)CC[C@H]1c1ccc(C)cc1. The summed E-state index contributed by atoms with van der Waals surface area (Å²) in [6.07, 6.45) is 4.65. The third-order valence-electron chi connectivity index (χ3n) is 8.62. The normalized spacial score (nSPS) is 18.9. The molecule has 0 spiro atoms. The molecule has 0 amide bonds. The monoisotopic (exact) mass is 551 g/mol. The molecule has 1 nitrogen and oxygen atoms in total. The van der Waals surface area contributed by atoms with Crippen LogP contribution in [0.4, 0.5) is 0 Å². The molecule has 5 rings (SSSR count). The van der Waals surface area contributed by atoms with Crippen LogP contribution < -0.4 is 10.6 Å². The van der Waals surface area contributed by atoms with Gasteiger partial charge >= 0.3 is 0 Å². The maximum Gasteiger partial charge on any atom is 0.0906 e. The lowest BCUT2D eigenvalue weighted by Crippen LogP contribution is -2.37. The van der Waals surface area contributed by atoms with Crippen molar-refractivity contribution < 1.29 is 0 Å². The number of hydrogen-bond donors (Lipinski definition) is 0. The van der Waals surface area contributed by atoms with Crippen LogP contribution in [0.2, 0.25) is 0 Å². The standard InChI is InChI=1S/C36H43NP2/c1-6-7-28-37(38(4,33-14-10-8-11-15-33)34-16-12-9-13-17-34)39(5)35(31-22-18-29(2)19-23-31)26-27-36(39)32-24-20-30(3)21-25-32/h8-25,35-36H,4-7,26-28H2,1-3H3/t35-,36-/m0/s1. The first-order valence-electron chi connectivity index (χ1n) is 14.4. The van der Waals surface area contributed by atoms with Gasteiger partial charge in [-0.25, -0.2) is 0 Å². The summed E-state index contributed by atoms with van der Waals surface area (Å²) in [7, 11) is -4.23. The lowest BCUT2D eigenvalue weighted by Gasteiger charge is -2.51. The topological polar surface area (TPSA) is 3.24 Å². The largest absolute Gasteiger partial charge is 0.158 e. The maximum atomic E-state index is 5.42. The van der Waals surface area contributed by atoms with Gasteiger partial charge in [0.15, 0.2) is 0 Å². The first kappa shape index (κ1) is 28.2. The van der Waals surface area contributed by atoms with E-state index in [0.29, 0.717) is 11.3 Å². The Bertz CT molecular complexity index is 1240. The number of unbranched alkanes of at least 4 members (excludes halogenated alkanes) is 1. The molecule has 0 aromatic heterocycles. The summed E-state index contributed by atoms with van der Waals surface area (Å²) in [4.78, 5) is 0. The average molecular weight is 552 g/mol. The fourth-order valence-corrected chi connectivity index (χ4v) is 16.9. The zero-order valence-corrected chi connectivity index (χ0v) is 25.6. The predicted molar refractivity (Wildman–Crippen MR) is 175 cm³/mol. The highest BCUT2D eigenvalue weighted by molar-refractivity contribution is 7.97. The maximum absolute atomic E-state index is 5.42. The quantitative estimate of drug-likeness (QED) is 0.148. The first-order chi connectivity index (χ1) is 18.9. The van der Waals surface area contributed by atoms with Crippen molar-refractivity contribution in [3.8, 4) is 0 Å². The van der Waals surface area contributed by atoms with E-state index in [9.17, 15) is 0 Å². The van der Waals surface area contributed by atoms with Gasteiger partial charge in [-0.05, 0) is 68.5 Å². The number of hydrogen-bond acceptors (Lipinski definition) is 1. The Hall–Kier alpha value is -2.30. The van der Waals surface area contributed by atoms with E-state index in [1.807, 2.05) is 0 Å². The van der Waals surface area contributed by atoms with E-state index < -0.39 is 14.8 Å². The van der Waals surface area contributed by atoms with Gasteiger partial charge in [-0.2, -0.15) is 6.66 Å². The molecule has 39 heavy (non-hydrogen) atoms. The van der Waals surface area contributed by atoms with Gasteiger partial charge in [0.1, 0.15) is 0 Å². The lowest BCUT2D eigenvalue weighted by atomic mass is 10.0. The van der Waals surface area contributed by atoms with Crippen molar-refractivity contribution in [1.29, 1.82) is 0 Å². The Kier molecular flexibility index (Phi) is 8.73. The molecule has 0 unspecified atom stereocenters.